The van der Waals surface area contributed by atoms with Crippen molar-refractivity contribution in [1.82, 2.24) is 18.3 Å². The summed E-state index contributed by atoms with van der Waals surface area (Å²) in [7, 11) is 1.71. The molecule has 2 aliphatic carbocycles. The fourth-order valence-electron chi connectivity index (χ4n) is 11.8. The number of benzene rings is 8. The summed E-state index contributed by atoms with van der Waals surface area (Å²) in [5, 5.41) is 26.7. The Balaban J connectivity index is 0.000000200. The smallest absolute Gasteiger partial charge is 0.336 e. The average Bonchev–Trinajstić information content (AvgIpc) is 1.38. The van der Waals surface area contributed by atoms with E-state index in [1.165, 1.54) is 57.5 Å². The van der Waals surface area contributed by atoms with E-state index in [2.05, 4.69) is 168 Å². The van der Waals surface area contributed by atoms with E-state index < -0.39 is 23.9 Å². The van der Waals surface area contributed by atoms with Crippen LogP contribution in [-0.2, 0) is 27.4 Å². The lowest BCUT2D eigenvalue weighted by molar-refractivity contribution is -0.156. The van der Waals surface area contributed by atoms with Crippen LogP contribution in [0.2, 0.25) is 0 Å². The molecule has 474 valence electrons. The lowest BCUT2D eigenvalue weighted by atomic mass is 9.93. The number of aryl methyl sites for hydroxylation is 3. The summed E-state index contributed by atoms with van der Waals surface area (Å²) in [4.78, 5) is 43.4. The van der Waals surface area contributed by atoms with E-state index in [1.54, 1.807) is 31.4 Å². The Hall–Kier alpha value is -10.6. The van der Waals surface area contributed by atoms with Crippen LogP contribution in [0.5, 0.6) is 5.75 Å². The molecule has 4 heterocycles. The van der Waals surface area contributed by atoms with Crippen LogP contribution in [0.15, 0.2) is 191 Å². The highest BCUT2D eigenvalue weighted by atomic mass is 16.6. The van der Waals surface area contributed by atoms with Gasteiger partial charge >= 0.3 is 23.9 Å². The summed E-state index contributed by atoms with van der Waals surface area (Å²) in [6.45, 7) is 22.6. The molecule has 14 heteroatoms. The van der Waals surface area contributed by atoms with Gasteiger partial charge in [-0.05, 0) is 161 Å². The monoisotopic (exact) mass is 1240 g/mol. The second-order valence-electron chi connectivity index (χ2n) is 21.3. The van der Waals surface area contributed by atoms with Crippen molar-refractivity contribution in [3.8, 4) is 50.7 Å². The molecule has 6 aromatic carbocycles. The molecule has 0 atom stereocenters. The summed E-state index contributed by atoms with van der Waals surface area (Å²) in [5.41, 5.74) is 11.5. The van der Waals surface area contributed by atoms with Gasteiger partial charge < -0.3 is 37.7 Å². The van der Waals surface area contributed by atoms with E-state index in [0.717, 1.165) is 95.1 Å². The Morgan fingerprint density at radius 2 is 0.891 bits per heavy atom. The van der Waals surface area contributed by atoms with E-state index >= 15 is 0 Å². The number of carbonyl (C=O) groups excluding carboxylic acids is 2. The first-order valence-corrected chi connectivity index (χ1v) is 30.4. The van der Waals surface area contributed by atoms with Crippen LogP contribution in [0, 0.1) is 6.92 Å². The maximum Gasteiger partial charge on any atom is 0.336 e. The highest BCUT2D eigenvalue weighted by Crippen LogP contribution is 2.39. The molecule has 0 saturated carbocycles. The van der Waals surface area contributed by atoms with E-state index in [9.17, 15) is 29.4 Å². The van der Waals surface area contributed by atoms with Crippen molar-refractivity contribution in [2.45, 2.75) is 90.3 Å². The number of carboxylic acids is 2. The number of para-hydroxylation sites is 2. The van der Waals surface area contributed by atoms with Crippen molar-refractivity contribution < 1.29 is 47.7 Å². The van der Waals surface area contributed by atoms with Crippen LogP contribution in [0.1, 0.15) is 108 Å². The zero-order valence-corrected chi connectivity index (χ0v) is 52.7. The van der Waals surface area contributed by atoms with Crippen LogP contribution >= 0.6 is 0 Å². The van der Waals surface area contributed by atoms with E-state index in [1.807, 2.05) is 73.7 Å². The van der Waals surface area contributed by atoms with Gasteiger partial charge in [-0.3, -0.25) is 9.59 Å². The van der Waals surface area contributed by atoms with Crippen molar-refractivity contribution in [2.24, 2.45) is 0 Å². The summed E-state index contributed by atoms with van der Waals surface area (Å²) >= 11 is 0. The molecule has 4 aliphatic rings. The Morgan fingerprint density at radius 1 is 0.457 bits per heavy atom. The highest BCUT2D eigenvalue weighted by Gasteiger charge is 2.22. The number of rotatable bonds is 13. The van der Waals surface area contributed by atoms with Crippen LogP contribution in [0.25, 0.3) is 101 Å². The fourth-order valence-corrected chi connectivity index (χ4v) is 11.8. The predicted molar refractivity (Wildman–Crippen MR) is 375 cm³/mol. The minimum atomic E-state index is -0.953. The maximum atomic E-state index is 12.1. The van der Waals surface area contributed by atoms with Crippen LogP contribution < -0.4 is 24.6 Å². The molecule has 14 nitrogen and oxygen atoms in total. The van der Waals surface area contributed by atoms with Crippen molar-refractivity contribution in [3.05, 3.63) is 221 Å². The first-order chi connectivity index (χ1) is 43.5. The summed E-state index contributed by atoms with van der Waals surface area (Å²) < 4.78 is 30.8. The van der Waals surface area contributed by atoms with E-state index in [4.69, 9.17) is 13.6 Å². The molecule has 8 aromatic rings. The third-order valence-electron chi connectivity index (χ3n) is 15.9. The summed E-state index contributed by atoms with van der Waals surface area (Å²) in [5.74, 6) is 0.789. The van der Waals surface area contributed by atoms with Gasteiger partial charge in [-0.2, -0.15) is 0 Å². The van der Waals surface area contributed by atoms with Gasteiger partial charge in [0, 0.05) is 93.8 Å². The van der Waals surface area contributed by atoms with Crippen molar-refractivity contribution >= 4 is 79.6 Å². The molecular formula is C78H84N4O10+2. The van der Waals surface area contributed by atoms with Gasteiger partial charge in [-0.25, -0.2) is 18.7 Å². The third-order valence-corrected chi connectivity index (χ3v) is 15.9. The molecule has 2 N–H and O–H groups in total. The second kappa shape index (κ2) is 31.2. The Kier molecular flexibility index (Phi) is 23.4. The minimum absolute atomic E-state index is 0. The molecule has 92 heavy (non-hydrogen) atoms. The summed E-state index contributed by atoms with van der Waals surface area (Å²) in [6.07, 6.45) is 4.03. The van der Waals surface area contributed by atoms with E-state index in [0.29, 0.717) is 28.2 Å². The van der Waals surface area contributed by atoms with E-state index in [-0.39, 0.29) is 20.4 Å². The average molecular weight is 1240 g/mol. The predicted octanol–water partition coefficient (Wildman–Crippen LogP) is 16.9. The quantitative estimate of drug-likeness (QED) is 0.0644. The first kappa shape index (κ1) is 68.9. The van der Waals surface area contributed by atoms with Crippen LogP contribution in [0.4, 0.5) is 0 Å². The second-order valence-corrected chi connectivity index (χ2v) is 21.3. The van der Waals surface area contributed by atoms with Crippen molar-refractivity contribution in [2.75, 3.05) is 33.3 Å². The first-order valence-electron chi connectivity index (χ1n) is 30.4. The number of hydrogen-bond acceptors (Lipinski definition) is 8. The number of ether oxygens (including phenoxy) is 2. The van der Waals surface area contributed by atoms with Crippen LogP contribution in [-0.4, -0.2) is 76.5 Å². The van der Waals surface area contributed by atoms with Crippen LogP contribution in [0.3, 0.4) is 0 Å². The number of carboxylic acid groups (broad SMARTS) is 2. The molecule has 0 saturated heterocycles. The largest absolute Gasteiger partial charge is 0.497 e. The SMILES string of the molecule is C.C.CC(=O)OC(C)=O.CC[N+](CC)=c1ccc2c(-c3ccccc3C(=O)O)cc(C)oc-2c1.CCn1c2ccccc2c2cc(/C=C/c3cc(-c4ccccc4C(=O)O)c4ccc(=[N+](CC)CC)cc-4o3)ccc21.CCn1c2ccccc2c2cc(OC)ccc21. The maximum absolute atomic E-state index is 12.1. The number of carbonyl (C=O) groups is 4. The van der Waals surface area contributed by atoms with Gasteiger partial charge in [-0.1, -0.05) is 99.8 Å². The Labute approximate surface area is 538 Å². The summed E-state index contributed by atoms with van der Waals surface area (Å²) in [6, 6.07) is 60.2. The zero-order valence-electron chi connectivity index (χ0n) is 52.7. The van der Waals surface area contributed by atoms with Gasteiger partial charge in [-0.15, -0.1) is 0 Å². The molecule has 0 bridgehead atoms. The number of fused-ring (bicyclic) bond motifs is 8. The van der Waals surface area contributed by atoms with Gasteiger partial charge in [0.05, 0.1) is 30.4 Å². The topological polar surface area (TPSA) is 169 Å². The molecule has 0 fully saturated rings. The Bertz CT molecular complexity index is 4720. The Morgan fingerprint density at radius 3 is 1.35 bits per heavy atom. The number of esters is 2. The molecular weight excluding hydrogens is 1150 g/mol. The van der Waals surface area contributed by atoms with Gasteiger partial charge in [0.2, 0.25) is 10.7 Å². The normalized spacial score (nSPS) is 10.8. The molecule has 2 aliphatic heterocycles. The molecule has 12 rings (SSSR count). The number of aromatic nitrogens is 2. The third kappa shape index (κ3) is 15.0. The van der Waals surface area contributed by atoms with Crippen molar-refractivity contribution in [1.29, 1.82) is 0 Å². The highest BCUT2D eigenvalue weighted by molar-refractivity contribution is 6.10. The van der Waals surface area contributed by atoms with Gasteiger partial charge in [0.25, 0.3) is 0 Å². The molecule has 2 aromatic heterocycles. The fraction of sp³-hybridized carbons (Fsp3) is 0.231. The molecule has 0 unspecified atom stereocenters. The lowest BCUT2D eigenvalue weighted by Gasteiger charge is -2.14. The van der Waals surface area contributed by atoms with Crippen molar-refractivity contribution in [3.63, 3.8) is 0 Å². The van der Waals surface area contributed by atoms with Gasteiger partial charge in [0.1, 0.15) is 55.0 Å². The standard InChI is InChI=1S/C36H32N2O3.C21H21NO3.C15H15NO.C4H6O3.2CH4/c1-4-37(5-2)25-17-19-29-31(27-11-7-8-13-30(27)36(39)40)23-26(41-35(29)22-25)18-15-24-16-20-34-32(21-24)28-12-9-10-14-33(28)38(34)6-3;1-4-22(5-2)15-10-11-17-19(12-14(3)25-20(17)13-15)16-8-6-7-9-18(16)21(23)24;1-3-16-14-7-5-4-6-12(14)13-10-11(17-2)8-9-15(13)16;1-3(5)7-4(2)6;;/h7-23H,4-6H2,1-3H3;6-13H,4-5H2,1-3H3;4-10H,3H2,1-2H3;1-2H3;2*1H4/p+2. The van der Waals surface area contributed by atoms with Gasteiger partial charge in [0.15, 0.2) is 0 Å². The number of methoxy groups -OCH3 is 1. The number of hydrogen-bond donors (Lipinski definition) is 2. The number of nitrogens with zero attached hydrogens (tertiary/aromatic N) is 4. The lowest BCUT2D eigenvalue weighted by Crippen LogP contribution is -2.29. The molecule has 0 radical (unpaired) electrons. The minimum Gasteiger partial charge on any atom is -0.497 e. The zero-order chi connectivity index (χ0) is 64.2. The molecule has 0 spiro atoms. The molecule has 0 amide bonds. The number of aromatic carboxylic acids is 2.